The number of esters is 1. The van der Waals surface area contributed by atoms with Gasteiger partial charge in [-0.3, -0.25) is 9.59 Å². The SMILES string of the molecule is CCCCCCCC(OC(=O)CCCCCCCC(=O)O)(C(C)CC)C(C)CC. The van der Waals surface area contributed by atoms with Crippen molar-refractivity contribution in [1.29, 1.82) is 0 Å². The minimum atomic E-state index is -0.727. The Hall–Kier alpha value is -1.06. The van der Waals surface area contributed by atoms with Gasteiger partial charge >= 0.3 is 11.9 Å². The van der Waals surface area contributed by atoms with Crippen molar-refractivity contribution in [3.63, 3.8) is 0 Å². The topological polar surface area (TPSA) is 63.6 Å². The van der Waals surface area contributed by atoms with Gasteiger partial charge in [0.15, 0.2) is 0 Å². The van der Waals surface area contributed by atoms with E-state index in [1.165, 1.54) is 25.7 Å². The second-order valence-electron chi connectivity index (χ2n) is 8.87. The van der Waals surface area contributed by atoms with Crippen LogP contribution in [0, 0.1) is 11.8 Å². The first-order chi connectivity index (χ1) is 13.8. The number of carboxylic acids is 1. The molecule has 0 aliphatic heterocycles. The van der Waals surface area contributed by atoms with Crippen LogP contribution < -0.4 is 0 Å². The van der Waals surface area contributed by atoms with Gasteiger partial charge in [-0.05, 0) is 50.4 Å². The second-order valence-corrected chi connectivity index (χ2v) is 8.87. The molecule has 0 saturated carbocycles. The van der Waals surface area contributed by atoms with Crippen LogP contribution >= 0.6 is 0 Å². The minimum absolute atomic E-state index is 0.0512. The van der Waals surface area contributed by atoms with Crippen LogP contribution in [0.5, 0.6) is 0 Å². The van der Waals surface area contributed by atoms with Crippen LogP contribution in [0.25, 0.3) is 0 Å². The highest BCUT2D eigenvalue weighted by molar-refractivity contribution is 5.70. The largest absolute Gasteiger partial charge is 0.481 e. The maximum absolute atomic E-state index is 12.7. The monoisotopic (exact) mass is 412 g/mol. The number of carbonyl (C=O) groups is 2. The molecule has 0 radical (unpaired) electrons. The molecule has 4 nitrogen and oxygen atoms in total. The van der Waals surface area contributed by atoms with E-state index < -0.39 is 5.97 Å². The maximum Gasteiger partial charge on any atom is 0.306 e. The number of hydrogen-bond acceptors (Lipinski definition) is 3. The number of hydrogen-bond donors (Lipinski definition) is 1. The molecule has 2 atom stereocenters. The van der Waals surface area contributed by atoms with Crippen molar-refractivity contribution < 1.29 is 19.4 Å². The molecule has 29 heavy (non-hydrogen) atoms. The lowest BCUT2D eigenvalue weighted by Crippen LogP contribution is -2.47. The summed E-state index contributed by atoms with van der Waals surface area (Å²) in [5, 5.41) is 8.67. The first-order valence-corrected chi connectivity index (χ1v) is 12.3. The van der Waals surface area contributed by atoms with Crippen LogP contribution in [0.3, 0.4) is 0 Å². The average Bonchev–Trinajstić information content (AvgIpc) is 2.70. The van der Waals surface area contributed by atoms with Crippen LogP contribution in [0.1, 0.15) is 131 Å². The van der Waals surface area contributed by atoms with Crippen LogP contribution in [0.15, 0.2) is 0 Å². The molecule has 0 bridgehead atoms. The number of carbonyl (C=O) groups excluding carboxylic acids is 1. The van der Waals surface area contributed by atoms with Gasteiger partial charge in [0.05, 0.1) is 0 Å². The van der Waals surface area contributed by atoms with E-state index in [-0.39, 0.29) is 18.0 Å². The zero-order valence-corrected chi connectivity index (χ0v) is 19.9. The van der Waals surface area contributed by atoms with Crippen LogP contribution in [-0.4, -0.2) is 22.6 Å². The lowest BCUT2D eigenvalue weighted by Gasteiger charge is -2.43. The predicted molar refractivity (Wildman–Crippen MR) is 121 cm³/mol. The summed E-state index contributed by atoms with van der Waals surface area (Å²) in [7, 11) is 0. The first kappa shape index (κ1) is 27.9. The molecule has 0 aromatic heterocycles. The zero-order valence-electron chi connectivity index (χ0n) is 19.9. The van der Waals surface area contributed by atoms with Crippen molar-refractivity contribution >= 4 is 11.9 Å². The molecule has 0 aliphatic rings. The molecular weight excluding hydrogens is 364 g/mol. The highest BCUT2D eigenvalue weighted by atomic mass is 16.6. The molecule has 0 heterocycles. The molecule has 0 aliphatic carbocycles. The highest BCUT2D eigenvalue weighted by Gasteiger charge is 2.42. The van der Waals surface area contributed by atoms with Crippen molar-refractivity contribution in [3.8, 4) is 0 Å². The Morgan fingerprint density at radius 2 is 1.24 bits per heavy atom. The Morgan fingerprint density at radius 1 is 0.759 bits per heavy atom. The summed E-state index contributed by atoms with van der Waals surface area (Å²) in [6, 6.07) is 0. The minimum Gasteiger partial charge on any atom is -0.481 e. The van der Waals surface area contributed by atoms with Gasteiger partial charge in [-0.15, -0.1) is 0 Å². The van der Waals surface area contributed by atoms with Gasteiger partial charge < -0.3 is 9.84 Å². The van der Waals surface area contributed by atoms with Crippen molar-refractivity contribution in [2.45, 2.75) is 137 Å². The number of unbranched alkanes of at least 4 members (excludes halogenated alkanes) is 8. The van der Waals surface area contributed by atoms with Gasteiger partial charge in [-0.2, -0.15) is 0 Å². The van der Waals surface area contributed by atoms with E-state index in [4.69, 9.17) is 9.84 Å². The van der Waals surface area contributed by atoms with Crippen molar-refractivity contribution in [2.24, 2.45) is 11.8 Å². The quantitative estimate of drug-likeness (QED) is 0.176. The predicted octanol–water partition coefficient (Wildman–Crippen LogP) is 7.54. The highest BCUT2D eigenvalue weighted by Crippen LogP contribution is 2.39. The normalized spacial score (nSPS) is 15.5. The number of carboxylic acid groups (broad SMARTS) is 1. The van der Waals surface area contributed by atoms with E-state index >= 15 is 0 Å². The summed E-state index contributed by atoms with van der Waals surface area (Å²) in [5.41, 5.74) is -0.339. The number of ether oxygens (including phenoxy) is 1. The number of aliphatic carboxylic acids is 1. The Balaban J connectivity index is 4.66. The lowest BCUT2D eigenvalue weighted by molar-refractivity contribution is -0.176. The zero-order chi connectivity index (χ0) is 22.1. The Bertz CT molecular complexity index is 423. The average molecular weight is 413 g/mol. The van der Waals surface area contributed by atoms with Gasteiger partial charge in [0.1, 0.15) is 5.60 Å². The Kier molecular flexibility index (Phi) is 16.1. The first-order valence-electron chi connectivity index (χ1n) is 12.3. The van der Waals surface area contributed by atoms with Crippen LogP contribution in [-0.2, 0) is 14.3 Å². The third kappa shape index (κ3) is 11.6. The molecule has 0 rings (SSSR count). The van der Waals surface area contributed by atoms with E-state index in [0.717, 1.165) is 57.8 Å². The summed E-state index contributed by atoms with van der Waals surface area (Å²) < 4.78 is 6.29. The molecule has 0 aromatic carbocycles. The summed E-state index contributed by atoms with van der Waals surface area (Å²) in [4.78, 5) is 23.2. The fourth-order valence-electron chi connectivity index (χ4n) is 4.27. The molecule has 4 heteroatoms. The number of rotatable bonds is 19. The second kappa shape index (κ2) is 16.7. The van der Waals surface area contributed by atoms with Crippen LogP contribution in [0.4, 0.5) is 0 Å². The maximum atomic E-state index is 12.7. The molecule has 0 spiro atoms. The van der Waals surface area contributed by atoms with E-state index in [0.29, 0.717) is 18.3 Å². The van der Waals surface area contributed by atoms with Crippen molar-refractivity contribution in [1.82, 2.24) is 0 Å². The van der Waals surface area contributed by atoms with Crippen molar-refractivity contribution in [3.05, 3.63) is 0 Å². The molecule has 0 aromatic rings. The smallest absolute Gasteiger partial charge is 0.306 e. The molecule has 0 amide bonds. The standard InChI is InChI=1S/C25H48O4/c1-6-9-10-14-17-20-25(21(4)7-2,22(5)8-3)29-24(28)19-16-13-11-12-15-18-23(26)27/h21-22H,6-20H2,1-5H3,(H,26,27). The molecule has 172 valence electrons. The summed E-state index contributed by atoms with van der Waals surface area (Å²) in [5.74, 6) is -0.0495. The summed E-state index contributed by atoms with van der Waals surface area (Å²) >= 11 is 0. The van der Waals surface area contributed by atoms with E-state index in [1.54, 1.807) is 0 Å². The van der Waals surface area contributed by atoms with Gasteiger partial charge in [-0.25, -0.2) is 0 Å². The fourth-order valence-corrected chi connectivity index (χ4v) is 4.27. The van der Waals surface area contributed by atoms with Gasteiger partial charge in [0.2, 0.25) is 0 Å². The van der Waals surface area contributed by atoms with E-state index in [1.807, 2.05) is 0 Å². The van der Waals surface area contributed by atoms with Gasteiger partial charge in [0, 0.05) is 12.8 Å². The third-order valence-electron chi connectivity index (χ3n) is 6.64. The Labute approximate surface area is 180 Å². The molecular formula is C25H48O4. The molecule has 0 fully saturated rings. The fraction of sp³-hybridized carbons (Fsp3) is 0.920. The van der Waals surface area contributed by atoms with E-state index in [9.17, 15) is 9.59 Å². The van der Waals surface area contributed by atoms with Crippen LogP contribution in [0.2, 0.25) is 0 Å². The summed E-state index contributed by atoms with van der Waals surface area (Å²) in [6.07, 6.45) is 14.3. The lowest BCUT2D eigenvalue weighted by atomic mass is 9.72. The third-order valence-corrected chi connectivity index (χ3v) is 6.64. The molecule has 1 N–H and O–H groups in total. The van der Waals surface area contributed by atoms with E-state index in [2.05, 4.69) is 34.6 Å². The van der Waals surface area contributed by atoms with Crippen molar-refractivity contribution in [2.75, 3.05) is 0 Å². The molecule has 2 unspecified atom stereocenters. The van der Waals surface area contributed by atoms with Gasteiger partial charge in [0.25, 0.3) is 0 Å². The molecule has 0 saturated heterocycles. The van der Waals surface area contributed by atoms with Gasteiger partial charge in [-0.1, -0.05) is 79.6 Å². The Morgan fingerprint density at radius 3 is 1.76 bits per heavy atom. The summed E-state index contributed by atoms with van der Waals surface area (Å²) in [6.45, 7) is 11.1.